The topological polar surface area (TPSA) is 39.1 Å². The van der Waals surface area contributed by atoms with E-state index in [1.807, 2.05) is 6.20 Å². The zero-order chi connectivity index (χ0) is 9.26. The lowest BCUT2D eigenvalue weighted by atomic mass is 10.2. The number of aromatic nitrogens is 2. The van der Waals surface area contributed by atoms with Crippen molar-refractivity contribution in [1.82, 2.24) is 14.9 Å². The normalized spacial score (nSPS) is 21.5. The first-order valence-corrected chi connectivity index (χ1v) is 5.03. The molecule has 0 radical (unpaired) electrons. The summed E-state index contributed by atoms with van der Waals surface area (Å²) in [4.78, 5) is 4.32. The lowest BCUT2D eigenvalue weighted by Gasteiger charge is -2.24. The quantitative estimate of drug-likeness (QED) is 0.837. The SMILES string of the molecule is COC[C@H]1Cn2cc(Br)nc2CN1. The Morgan fingerprint density at radius 1 is 1.85 bits per heavy atom. The van der Waals surface area contributed by atoms with E-state index >= 15 is 0 Å². The first-order valence-electron chi connectivity index (χ1n) is 4.23. The molecule has 0 bridgehead atoms. The van der Waals surface area contributed by atoms with Crippen LogP contribution in [0.2, 0.25) is 0 Å². The molecule has 0 aliphatic carbocycles. The number of nitrogens with one attached hydrogen (secondary N) is 1. The number of methoxy groups -OCH3 is 1. The molecular formula is C8H12BrN3O. The first-order chi connectivity index (χ1) is 6.29. The number of ether oxygens (including phenoxy) is 1. The number of nitrogens with zero attached hydrogens (tertiary/aromatic N) is 2. The van der Waals surface area contributed by atoms with Gasteiger partial charge >= 0.3 is 0 Å². The fourth-order valence-corrected chi connectivity index (χ4v) is 2.02. The highest BCUT2D eigenvalue weighted by Crippen LogP contribution is 2.13. The number of fused-ring (bicyclic) bond motifs is 1. The molecular weight excluding hydrogens is 234 g/mol. The Bertz CT molecular complexity index is 300. The highest BCUT2D eigenvalue weighted by Gasteiger charge is 2.18. The minimum atomic E-state index is 0.401. The lowest BCUT2D eigenvalue weighted by molar-refractivity contribution is 0.150. The zero-order valence-electron chi connectivity index (χ0n) is 7.46. The molecule has 2 rings (SSSR count). The molecule has 0 unspecified atom stereocenters. The van der Waals surface area contributed by atoms with Crippen molar-refractivity contribution in [3.63, 3.8) is 0 Å². The maximum atomic E-state index is 5.10. The lowest BCUT2D eigenvalue weighted by Crippen LogP contribution is -2.41. The van der Waals surface area contributed by atoms with E-state index in [4.69, 9.17) is 4.74 Å². The number of imidazole rings is 1. The Balaban J connectivity index is 2.10. The third-order valence-corrected chi connectivity index (χ3v) is 2.55. The molecule has 1 atom stereocenters. The number of hydrogen-bond donors (Lipinski definition) is 1. The first kappa shape index (κ1) is 9.18. The number of hydrogen-bond acceptors (Lipinski definition) is 3. The monoisotopic (exact) mass is 245 g/mol. The molecule has 1 aliphatic rings. The largest absolute Gasteiger partial charge is 0.383 e. The van der Waals surface area contributed by atoms with Crippen molar-refractivity contribution < 1.29 is 4.74 Å². The summed E-state index contributed by atoms with van der Waals surface area (Å²) < 4.78 is 8.16. The summed E-state index contributed by atoms with van der Waals surface area (Å²) >= 11 is 3.36. The van der Waals surface area contributed by atoms with Crippen LogP contribution in [0, 0.1) is 0 Å². The van der Waals surface area contributed by atoms with Gasteiger partial charge in [-0.2, -0.15) is 0 Å². The Labute approximate surface area is 85.4 Å². The smallest absolute Gasteiger partial charge is 0.124 e. The van der Waals surface area contributed by atoms with Crippen LogP contribution in [0.3, 0.4) is 0 Å². The van der Waals surface area contributed by atoms with Gasteiger partial charge in [0.25, 0.3) is 0 Å². The van der Waals surface area contributed by atoms with E-state index in [-0.39, 0.29) is 0 Å². The maximum Gasteiger partial charge on any atom is 0.124 e. The summed E-state index contributed by atoms with van der Waals surface area (Å²) in [5.41, 5.74) is 0. The van der Waals surface area contributed by atoms with E-state index in [0.29, 0.717) is 6.04 Å². The molecule has 5 heteroatoms. The van der Waals surface area contributed by atoms with Crippen LogP contribution in [0.5, 0.6) is 0 Å². The van der Waals surface area contributed by atoms with E-state index in [9.17, 15) is 0 Å². The average Bonchev–Trinajstić information content (AvgIpc) is 2.44. The van der Waals surface area contributed by atoms with Crippen molar-refractivity contribution in [2.24, 2.45) is 0 Å². The molecule has 13 heavy (non-hydrogen) atoms. The van der Waals surface area contributed by atoms with E-state index in [2.05, 4.69) is 30.8 Å². The molecule has 0 amide bonds. The van der Waals surface area contributed by atoms with Crippen molar-refractivity contribution in [1.29, 1.82) is 0 Å². The van der Waals surface area contributed by atoms with Crippen LogP contribution in [-0.4, -0.2) is 29.3 Å². The molecule has 1 aromatic heterocycles. The van der Waals surface area contributed by atoms with Crippen molar-refractivity contribution in [3.05, 3.63) is 16.6 Å². The van der Waals surface area contributed by atoms with Crippen LogP contribution >= 0.6 is 15.9 Å². The van der Waals surface area contributed by atoms with Gasteiger partial charge in [0.15, 0.2) is 0 Å². The van der Waals surface area contributed by atoms with Crippen LogP contribution in [0.25, 0.3) is 0 Å². The third kappa shape index (κ3) is 1.92. The van der Waals surface area contributed by atoms with Gasteiger partial charge < -0.3 is 14.6 Å². The van der Waals surface area contributed by atoms with Crippen molar-refractivity contribution in [2.45, 2.75) is 19.1 Å². The molecule has 0 fully saturated rings. The van der Waals surface area contributed by atoms with E-state index in [0.717, 1.165) is 30.1 Å². The summed E-state index contributed by atoms with van der Waals surface area (Å²) in [6.45, 7) is 2.50. The van der Waals surface area contributed by atoms with Gasteiger partial charge in [-0.15, -0.1) is 0 Å². The van der Waals surface area contributed by atoms with Crippen LogP contribution < -0.4 is 5.32 Å². The van der Waals surface area contributed by atoms with Crippen LogP contribution in [0.15, 0.2) is 10.8 Å². The Morgan fingerprint density at radius 3 is 3.46 bits per heavy atom. The molecule has 0 saturated carbocycles. The maximum absolute atomic E-state index is 5.10. The second-order valence-electron chi connectivity index (χ2n) is 3.17. The second kappa shape index (κ2) is 3.77. The molecule has 1 N–H and O–H groups in total. The van der Waals surface area contributed by atoms with Gasteiger partial charge in [0.1, 0.15) is 10.4 Å². The van der Waals surface area contributed by atoms with E-state index in [1.54, 1.807) is 7.11 Å². The van der Waals surface area contributed by atoms with Crippen molar-refractivity contribution in [3.8, 4) is 0 Å². The summed E-state index contributed by atoms with van der Waals surface area (Å²) in [5, 5.41) is 3.36. The minimum Gasteiger partial charge on any atom is -0.383 e. The number of halogens is 1. The Kier molecular flexibility index (Phi) is 2.66. The van der Waals surface area contributed by atoms with Crippen LogP contribution in [0.1, 0.15) is 5.82 Å². The van der Waals surface area contributed by atoms with Crippen LogP contribution in [0.4, 0.5) is 0 Å². The molecule has 72 valence electrons. The summed E-state index contributed by atoms with van der Waals surface area (Å²) in [6, 6.07) is 0.401. The summed E-state index contributed by atoms with van der Waals surface area (Å²) in [5.74, 6) is 1.08. The Hall–Kier alpha value is -0.390. The minimum absolute atomic E-state index is 0.401. The van der Waals surface area contributed by atoms with Gasteiger partial charge in [0, 0.05) is 25.9 Å². The molecule has 0 spiro atoms. The number of rotatable bonds is 2. The fraction of sp³-hybridized carbons (Fsp3) is 0.625. The molecule has 2 heterocycles. The van der Waals surface area contributed by atoms with E-state index in [1.165, 1.54) is 0 Å². The van der Waals surface area contributed by atoms with Gasteiger partial charge in [-0.05, 0) is 15.9 Å². The average molecular weight is 246 g/mol. The molecule has 4 nitrogen and oxygen atoms in total. The van der Waals surface area contributed by atoms with Gasteiger partial charge in [0.2, 0.25) is 0 Å². The van der Waals surface area contributed by atoms with Gasteiger partial charge in [-0.3, -0.25) is 0 Å². The van der Waals surface area contributed by atoms with Gasteiger partial charge in [-0.1, -0.05) is 0 Å². The summed E-state index contributed by atoms with van der Waals surface area (Å²) in [7, 11) is 1.72. The van der Waals surface area contributed by atoms with Gasteiger partial charge in [0.05, 0.1) is 13.2 Å². The second-order valence-corrected chi connectivity index (χ2v) is 3.98. The molecule has 0 aromatic carbocycles. The van der Waals surface area contributed by atoms with E-state index < -0.39 is 0 Å². The van der Waals surface area contributed by atoms with Crippen molar-refractivity contribution in [2.75, 3.05) is 13.7 Å². The zero-order valence-corrected chi connectivity index (χ0v) is 9.04. The highest BCUT2D eigenvalue weighted by atomic mass is 79.9. The van der Waals surface area contributed by atoms with Crippen LogP contribution in [-0.2, 0) is 17.8 Å². The molecule has 1 aliphatic heterocycles. The van der Waals surface area contributed by atoms with Gasteiger partial charge in [-0.25, -0.2) is 4.98 Å². The predicted molar refractivity (Wildman–Crippen MR) is 52.4 cm³/mol. The van der Waals surface area contributed by atoms with Crippen molar-refractivity contribution >= 4 is 15.9 Å². The standard InChI is InChI=1S/C8H12BrN3O/c1-13-5-6-3-12-4-7(9)11-8(12)2-10-6/h4,6,10H,2-3,5H2,1H3/t6-/m1/s1. The summed E-state index contributed by atoms with van der Waals surface area (Å²) in [6.07, 6.45) is 2.01. The highest BCUT2D eigenvalue weighted by molar-refractivity contribution is 9.10. The predicted octanol–water partition coefficient (Wildman–Crippen LogP) is 0.764. The fourth-order valence-electron chi connectivity index (χ4n) is 1.57. The molecule has 1 aromatic rings. The third-order valence-electron chi connectivity index (χ3n) is 2.16. The Morgan fingerprint density at radius 2 is 2.69 bits per heavy atom. The molecule has 0 saturated heterocycles.